The molecule has 0 fully saturated rings. The van der Waals surface area contributed by atoms with Gasteiger partial charge in [0.25, 0.3) is 0 Å². The van der Waals surface area contributed by atoms with Crippen molar-refractivity contribution in [1.82, 2.24) is 4.98 Å². The normalized spacial score (nSPS) is 23.9. The molecule has 118 valence electrons. The predicted octanol–water partition coefficient (Wildman–Crippen LogP) is 4.39. The molecule has 0 unspecified atom stereocenters. The van der Waals surface area contributed by atoms with Crippen LogP contribution in [0.3, 0.4) is 0 Å². The van der Waals surface area contributed by atoms with Gasteiger partial charge in [0, 0.05) is 29.2 Å². The van der Waals surface area contributed by atoms with E-state index in [9.17, 15) is 0 Å². The average molecular weight is 314 g/mol. The van der Waals surface area contributed by atoms with Crippen LogP contribution in [0.15, 0.2) is 72.9 Å². The van der Waals surface area contributed by atoms with E-state index in [0.29, 0.717) is 12.5 Å². The first-order valence-corrected chi connectivity index (χ1v) is 8.40. The summed E-state index contributed by atoms with van der Waals surface area (Å²) in [5.41, 5.74) is 3.81. The monoisotopic (exact) mass is 314 g/mol. The second-order valence-corrected chi connectivity index (χ2v) is 6.46. The van der Waals surface area contributed by atoms with Crippen LogP contribution in [0, 0.1) is 5.92 Å². The van der Waals surface area contributed by atoms with E-state index in [1.54, 1.807) is 0 Å². The minimum atomic E-state index is 0.225. The van der Waals surface area contributed by atoms with E-state index < -0.39 is 0 Å². The minimum absolute atomic E-state index is 0.225. The third kappa shape index (κ3) is 2.01. The molecule has 0 saturated heterocycles. The van der Waals surface area contributed by atoms with E-state index >= 15 is 0 Å². The van der Waals surface area contributed by atoms with Crippen molar-refractivity contribution in [3.8, 4) is 5.75 Å². The highest BCUT2D eigenvalue weighted by Crippen LogP contribution is 2.50. The van der Waals surface area contributed by atoms with E-state index in [-0.39, 0.29) is 12.0 Å². The third-order valence-electron chi connectivity index (χ3n) is 5.17. The van der Waals surface area contributed by atoms with Crippen LogP contribution in [-0.4, -0.2) is 11.6 Å². The maximum absolute atomic E-state index is 6.10. The topological polar surface area (TPSA) is 34.2 Å². The van der Waals surface area contributed by atoms with Gasteiger partial charge in [0.15, 0.2) is 0 Å². The summed E-state index contributed by atoms with van der Waals surface area (Å²) in [4.78, 5) is 4.61. The van der Waals surface area contributed by atoms with Gasteiger partial charge in [-0.3, -0.25) is 0 Å². The van der Waals surface area contributed by atoms with Crippen molar-refractivity contribution in [2.75, 3.05) is 11.9 Å². The molecule has 0 spiro atoms. The molecular formula is C21H18N2O. The summed E-state index contributed by atoms with van der Waals surface area (Å²) in [5, 5.41) is 3.66. The molecule has 0 radical (unpaired) electrons. The molecule has 1 aromatic heterocycles. The molecule has 0 aliphatic carbocycles. The van der Waals surface area contributed by atoms with Crippen molar-refractivity contribution >= 4 is 5.82 Å². The summed E-state index contributed by atoms with van der Waals surface area (Å²) in [7, 11) is 0. The summed E-state index contributed by atoms with van der Waals surface area (Å²) >= 11 is 0. The highest BCUT2D eigenvalue weighted by atomic mass is 16.5. The van der Waals surface area contributed by atoms with Gasteiger partial charge in [-0.1, -0.05) is 54.6 Å². The molecule has 1 N–H and O–H groups in total. The third-order valence-corrected chi connectivity index (χ3v) is 5.17. The lowest BCUT2D eigenvalue weighted by Gasteiger charge is -2.43. The van der Waals surface area contributed by atoms with Gasteiger partial charge in [-0.15, -0.1) is 0 Å². The Hall–Kier alpha value is -2.81. The number of hydrogen-bond acceptors (Lipinski definition) is 3. The quantitative estimate of drug-likeness (QED) is 0.723. The van der Waals surface area contributed by atoms with Gasteiger partial charge in [-0.2, -0.15) is 0 Å². The van der Waals surface area contributed by atoms with Crippen LogP contribution in [0.25, 0.3) is 0 Å². The first-order valence-electron chi connectivity index (χ1n) is 8.40. The fourth-order valence-electron chi connectivity index (χ4n) is 4.11. The zero-order valence-corrected chi connectivity index (χ0v) is 13.2. The molecule has 5 rings (SSSR count). The number of benzene rings is 2. The van der Waals surface area contributed by atoms with E-state index in [1.165, 1.54) is 16.7 Å². The van der Waals surface area contributed by atoms with Crippen molar-refractivity contribution in [2.45, 2.75) is 12.0 Å². The number of ether oxygens (including phenoxy) is 1. The van der Waals surface area contributed by atoms with Crippen LogP contribution in [0.4, 0.5) is 5.82 Å². The number of aromatic nitrogens is 1. The molecule has 2 aliphatic rings. The lowest BCUT2D eigenvalue weighted by molar-refractivity contribution is 0.183. The summed E-state index contributed by atoms with van der Waals surface area (Å²) in [6, 6.07) is 23.5. The fraction of sp³-hybridized carbons (Fsp3) is 0.190. The van der Waals surface area contributed by atoms with Crippen molar-refractivity contribution in [1.29, 1.82) is 0 Å². The average Bonchev–Trinajstić information content (AvgIpc) is 2.67. The summed E-state index contributed by atoms with van der Waals surface area (Å²) in [5.74, 6) is 2.61. The SMILES string of the molecule is c1ccc([C@@H]2c3cccnc3N[C@@H]3c4ccccc4OC[C@@H]23)cc1. The number of pyridine rings is 1. The Morgan fingerprint density at radius 1 is 0.875 bits per heavy atom. The standard InChI is InChI=1S/C21H18N2O/c1-2-7-14(8-3-1)19-16-10-6-12-22-21(16)23-20-15-9-4-5-11-18(15)24-13-17(19)20/h1-12,17,19-20H,13H2,(H,22,23)/t17-,19+,20+/m0/s1. The molecule has 3 atom stereocenters. The summed E-state index contributed by atoms with van der Waals surface area (Å²) in [6.07, 6.45) is 1.86. The minimum Gasteiger partial charge on any atom is -0.493 e. The Labute approximate surface area is 141 Å². The van der Waals surface area contributed by atoms with Gasteiger partial charge in [0.05, 0.1) is 12.6 Å². The number of nitrogens with one attached hydrogen (secondary N) is 1. The zero-order valence-electron chi connectivity index (χ0n) is 13.2. The number of nitrogens with zero attached hydrogens (tertiary/aromatic N) is 1. The number of anilines is 1. The molecule has 2 aromatic carbocycles. The zero-order chi connectivity index (χ0) is 15.9. The molecule has 0 saturated carbocycles. The van der Waals surface area contributed by atoms with Crippen LogP contribution < -0.4 is 10.1 Å². The molecule has 24 heavy (non-hydrogen) atoms. The van der Waals surface area contributed by atoms with Gasteiger partial charge >= 0.3 is 0 Å². The second-order valence-electron chi connectivity index (χ2n) is 6.46. The van der Waals surface area contributed by atoms with Crippen molar-refractivity contribution < 1.29 is 4.74 Å². The Kier molecular flexibility index (Phi) is 3.05. The second kappa shape index (κ2) is 5.38. The fourth-order valence-corrected chi connectivity index (χ4v) is 4.11. The number of hydrogen-bond donors (Lipinski definition) is 1. The largest absolute Gasteiger partial charge is 0.493 e. The highest BCUT2D eigenvalue weighted by Gasteiger charge is 2.42. The molecule has 3 heterocycles. The predicted molar refractivity (Wildman–Crippen MR) is 94.3 cm³/mol. The van der Waals surface area contributed by atoms with Crippen LogP contribution in [0.5, 0.6) is 5.75 Å². The molecule has 2 aliphatic heterocycles. The summed E-state index contributed by atoms with van der Waals surface area (Å²) < 4.78 is 6.10. The van der Waals surface area contributed by atoms with Crippen molar-refractivity contribution in [3.63, 3.8) is 0 Å². The number of rotatable bonds is 1. The van der Waals surface area contributed by atoms with E-state index in [4.69, 9.17) is 4.74 Å². The van der Waals surface area contributed by atoms with Gasteiger partial charge in [-0.05, 0) is 17.7 Å². The Balaban J connectivity index is 1.69. The first kappa shape index (κ1) is 13.6. The maximum Gasteiger partial charge on any atom is 0.130 e. The van der Waals surface area contributed by atoms with Crippen LogP contribution >= 0.6 is 0 Å². The Morgan fingerprint density at radius 2 is 1.67 bits per heavy atom. The molecule has 0 bridgehead atoms. The highest BCUT2D eigenvalue weighted by molar-refractivity contribution is 5.57. The van der Waals surface area contributed by atoms with Crippen molar-refractivity contribution in [2.24, 2.45) is 5.92 Å². The van der Waals surface area contributed by atoms with Crippen LogP contribution in [-0.2, 0) is 0 Å². The van der Waals surface area contributed by atoms with Gasteiger partial charge < -0.3 is 10.1 Å². The van der Waals surface area contributed by atoms with Gasteiger partial charge in [-0.25, -0.2) is 4.98 Å². The molecule has 3 aromatic rings. The van der Waals surface area contributed by atoms with Gasteiger partial charge in [0.2, 0.25) is 0 Å². The molecule has 0 amide bonds. The number of fused-ring (bicyclic) bond motifs is 4. The lowest BCUT2D eigenvalue weighted by atomic mass is 9.72. The maximum atomic E-state index is 6.10. The Bertz CT molecular complexity index is 878. The van der Waals surface area contributed by atoms with Gasteiger partial charge in [0.1, 0.15) is 11.6 Å². The van der Waals surface area contributed by atoms with E-state index in [0.717, 1.165) is 11.6 Å². The first-order chi connectivity index (χ1) is 11.9. The molecule has 3 nitrogen and oxygen atoms in total. The van der Waals surface area contributed by atoms with Crippen LogP contribution in [0.1, 0.15) is 28.7 Å². The summed E-state index contributed by atoms with van der Waals surface area (Å²) in [6.45, 7) is 0.711. The molecule has 3 heteroatoms. The van der Waals surface area contributed by atoms with E-state index in [1.807, 2.05) is 18.3 Å². The number of para-hydroxylation sites is 1. The van der Waals surface area contributed by atoms with Crippen LogP contribution in [0.2, 0.25) is 0 Å². The van der Waals surface area contributed by atoms with E-state index in [2.05, 4.69) is 64.9 Å². The lowest BCUT2D eigenvalue weighted by Crippen LogP contribution is -2.39. The van der Waals surface area contributed by atoms with Crippen molar-refractivity contribution in [3.05, 3.63) is 89.6 Å². The smallest absolute Gasteiger partial charge is 0.130 e. The Morgan fingerprint density at radius 3 is 2.58 bits per heavy atom. The molecular weight excluding hydrogens is 296 g/mol.